The molecule has 0 amide bonds. The third-order valence-electron chi connectivity index (χ3n) is 4.38. The number of ether oxygens (including phenoxy) is 1. The number of hydrogen-bond acceptors (Lipinski definition) is 5. The first-order valence-electron chi connectivity index (χ1n) is 10.4. The summed E-state index contributed by atoms with van der Waals surface area (Å²) in [7, 11) is -3.45. The van der Waals surface area contributed by atoms with E-state index in [0.29, 0.717) is 38.0 Å². The van der Waals surface area contributed by atoms with Crippen LogP contribution in [0.15, 0.2) is 66.7 Å². The van der Waals surface area contributed by atoms with Crippen molar-refractivity contribution in [1.29, 1.82) is 0 Å². The zero-order chi connectivity index (χ0) is 24.2. The minimum Gasteiger partial charge on any atom is -0.457 e. The molecule has 0 radical (unpaired) electrons. The molecule has 3 rings (SSSR count). The van der Waals surface area contributed by atoms with E-state index in [0.717, 1.165) is 0 Å². The van der Waals surface area contributed by atoms with Crippen molar-refractivity contribution >= 4 is 41.9 Å². The molecule has 174 valence electrons. The van der Waals surface area contributed by atoms with Gasteiger partial charge in [0.2, 0.25) is 0 Å². The van der Waals surface area contributed by atoms with Crippen molar-refractivity contribution in [2.75, 3.05) is 0 Å². The van der Waals surface area contributed by atoms with Crippen LogP contribution in [0, 0.1) is 0 Å². The molecule has 3 aromatic carbocycles. The van der Waals surface area contributed by atoms with Gasteiger partial charge in [0, 0.05) is 16.1 Å². The van der Waals surface area contributed by atoms with Crippen molar-refractivity contribution in [3.8, 4) is 11.5 Å². The number of rotatable bonds is 9. The van der Waals surface area contributed by atoms with E-state index in [1.807, 2.05) is 27.7 Å². The Bertz CT molecular complexity index is 1140. The zero-order valence-corrected chi connectivity index (χ0v) is 21.2. The standard InChI is InChI=1S/C25H25Cl2O5P/c1-16(2)31-33(29,32-17(3)4)22-12-10-21(11-13-22)30-20-8-5-18(6-9-20)25(28)23-15-19(26)7-14-24(23)27/h5-17H,1-4H3. The lowest BCUT2D eigenvalue weighted by molar-refractivity contribution is 0.103. The van der Waals surface area contributed by atoms with E-state index in [-0.39, 0.29) is 18.0 Å². The van der Waals surface area contributed by atoms with Crippen molar-refractivity contribution in [1.82, 2.24) is 0 Å². The minimum atomic E-state index is -3.45. The number of carbonyl (C=O) groups excluding carboxylic acids is 1. The van der Waals surface area contributed by atoms with Gasteiger partial charge in [-0.1, -0.05) is 23.2 Å². The Morgan fingerprint density at radius 3 is 1.82 bits per heavy atom. The Kier molecular flexibility index (Phi) is 8.38. The van der Waals surface area contributed by atoms with Crippen LogP contribution >= 0.6 is 30.8 Å². The molecule has 8 heteroatoms. The van der Waals surface area contributed by atoms with E-state index in [9.17, 15) is 9.36 Å². The van der Waals surface area contributed by atoms with Crippen molar-refractivity contribution in [3.05, 3.63) is 87.9 Å². The molecular weight excluding hydrogens is 482 g/mol. The molecule has 0 fully saturated rings. The molecule has 0 bridgehead atoms. The summed E-state index contributed by atoms with van der Waals surface area (Å²) in [6.07, 6.45) is -0.512. The van der Waals surface area contributed by atoms with Crippen molar-refractivity contribution in [2.24, 2.45) is 0 Å². The summed E-state index contributed by atoms with van der Waals surface area (Å²) in [6.45, 7) is 7.23. The molecular formula is C25H25Cl2O5P. The molecule has 0 spiro atoms. The number of hydrogen-bond donors (Lipinski definition) is 0. The van der Waals surface area contributed by atoms with E-state index >= 15 is 0 Å². The van der Waals surface area contributed by atoms with Crippen LogP contribution in [0.4, 0.5) is 0 Å². The first-order valence-corrected chi connectivity index (χ1v) is 12.7. The maximum atomic E-state index is 13.2. The second kappa shape index (κ2) is 10.9. The van der Waals surface area contributed by atoms with E-state index in [2.05, 4.69) is 0 Å². The van der Waals surface area contributed by atoms with Crippen LogP contribution in [0.2, 0.25) is 10.0 Å². The lowest BCUT2D eigenvalue weighted by atomic mass is 10.0. The SMILES string of the molecule is CC(C)OP(=O)(OC(C)C)c1ccc(Oc2ccc(C(=O)c3cc(Cl)ccc3Cl)cc2)cc1. The van der Waals surface area contributed by atoms with E-state index in [1.165, 1.54) is 0 Å². The fraction of sp³-hybridized carbons (Fsp3) is 0.240. The monoisotopic (exact) mass is 506 g/mol. The summed E-state index contributed by atoms with van der Waals surface area (Å²) in [5.41, 5.74) is 0.796. The Morgan fingerprint density at radius 2 is 1.30 bits per heavy atom. The molecule has 0 aliphatic rings. The van der Waals surface area contributed by atoms with Gasteiger partial charge in [-0.25, -0.2) is 0 Å². The average Bonchev–Trinajstić information content (AvgIpc) is 2.75. The molecule has 0 heterocycles. The highest BCUT2D eigenvalue weighted by Gasteiger charge is 2.30. The van der Waals surface area contributed by atoms with E-state index in [4.69, 9.17) is 37.0 Å². The van der Waals surface area contributed by atoms with E-state index in [1.54, 1.807) is 66.7 Å². The first-order chi connectivity index (χ1) is 15.6. The molecule has 0 aromatic heterocycles. The fourth-order valence-corrected chi connectivity index (χ4v) is 5.33. The third kappa shape index (κ3) is 6.69. The molecule has 0 atom stereocenters. The summed E-state index contributed by atoms with van der Waals surface area (Å²) >= 11 is 12.1. The van der Waals surface area contributed by atoms with Gasteiger partial charge in [-0.2, -0.15) is 0 Å². The van der Waals surface area contributed by atoms with Crippen molar-refractivity contribution in [3.63, 3.8) is 0 Å². The second-order valence-electron chi connectivity index (χ2n) is 7.88. The van der Waals surface area contributed by atoms with Gasteiger partial charge in [-0.05, 0) is 94.4 Å². The van der Waals surface area contributed by atoms with Gasteiger partial charge in [0.25, 0.3) is 0 Å². The van der Waals surface area contributed by atoms with Crippen LogP contribution in [0.1, 0.15) is 43.6 Å². The Morgan fingerprint density at radius 1 is 0.788 bits per heavy atom. The largest absolute Gasteiger partial charge is 0.457 e. The Labute approximate surface area is 204 Å². The second-order valence-corrected chi connectivity index (χ2v) is 10.7. The Balaban J connectivity index is 1.74. The minimum absolute atomic E-state index is 0.232. The molecule has 0 N–H and O–H groups in total. The van der Waals surface area contributed by atoms with Gasteiger partial charge < -0.3 is 13.8 Å². The van der Waals surface area contributed by atoms with Crippen molar-refractivity contribution < 1.29 is 23.1 Å². The highest BCUT2D eigenvalue weighted by Crippen LogP contribution is 2.49. The summed E-state index contributed by atoms with van der Waals surface area (Å²) < 4.78 is 30.3. The smallest absolute Gasteiger partial charge is 0.361 e. The van der Waals surface area contributed by atoms with Gasteiger partial charge in [-0.15, -0.1) is 0 Å². The lowest BCUT2D eigenvalue weighted by Gasteiger charge is -2.23. The summed E-state index contributed by atoms with van der Waals surface area (Å²) in [6, 6.07) is 18.2. The zero-order valence-electron chi connectivity index (χ0n) is 18.7. The van der Waals surface area contributed by atoms with Crippen LogP contribution in [-0.2, 0) is 13.6 Å². The number of halogens is 2. The van der Waals surface area contributed by atoms with Gasteiger partial charge in [-0.3, -0.25) is 9.36 Å². The lowest BCUT2D eigenvalue weighted by Crippen LogP contribution is -2.16. The maximum absolute atomic E-state index is 13.2. The predicted molar refractivity (Wildman–Crippen MR) is 133 cm³/mol. The molecule has 3 aromatic rings. The Hall–Kier alpha value is -2.14. The maximum Gasteiger partial charge on any atom is 0.361 e. The quantitative estimate of drug-likeness (QED) is 0.220. The molecule has 0 aliphatic heterocycles. The number of ketones is 1. The molecule has 33 heavy (non-hydrogen) atoms. The highest BCUT2D eigenvalue weighted by molar-refractivity contribution is 7.62. The topological polar surface area (TPSA) is 61.8 Å². The van der Waals surface area contributed by atoms with Gasteiger partial charge >= 0.3 is 7.60 Å². The van der Waals surface area contributed by atoms with Crippen LogP contribution in [0.3, 0.4) is 0 Å². The van der Waals surface area contributed by atoms with E-state index < -0.39 is 7.60 Å². The highest BCUT2D eigenvalue weighted by atomic mass is 35.5. The van der Waals surface area contributed by atoms with Gasteiger partial charge in [0.1, 0.15) is 11.5 Å². The number of benzene rings is 3. The van der Waals surface area contributed by atoms with Crippen molar-refractivity contribution in [2.45, 2.75) is 39.9 Å². The van der Waals surface area contributed by atoms with Gasteiger partial charge in [0.05, 0.1) is 22.5 Å². The van der Waals surface area contributed by atoms with Gasteiger partial charge in [0.15, 0.2) is 5.78 Å². The summed E-state index contributed by atoms with van der Waals surface area (Å²) in [4.78, 5) is 12.7. The molecule has 0 saturated heterocycles. The average molecular weight is 507 g/mol. The van der Waals surface area contributed by atoms with Crippen LogP contribution in [-0.4, -0.2) is 18.0 Å². The molecule has 0 aliphatic carbocycles. The third-order valence-corrected chi connectivity index (χ3v) is 7.27. The molecule has 5 nitrogen and oxygen atoms in total. The summed E-state index contributed by atoms with van der Waals surface area (Å²) in [5, 5.41) is 1.23. The van der Waals surface area contributed by atoms with Crippen LogP contribution < -0.4 is 10.0 Å². The van der Waals surface area contributed by atoms with Crippen LogP contribution in [0.25, 0.3) is 0 Å². The predicted octanol–water partition coefficient (Wildman–Crippen LogP) is 7.69. The molecule has 0 unspecified atom stereocenters. The molecule has 0 saturated carbocycles. The number of carbonyl (C=O) groups is 1. The first kappa shape index (κ1) is 25.5. The fourth-order valence-electron chi connectivity index (χ4n) is 3.04. The van der Waals surface area contributed by atoms with Crippen LogP contribution in [0.5, 0.6) is 11.5 Å². The summed E-state index contributed by atoms with van der Waals surface area (Å²) in [5.74, 6) is 0.845. The normalized spacial score (nSPS) is 11.8.